The van der Waals surface area contributed by atoms with Crippen molar-refractivity contribution >= 4 is 35.1 Å². The second-order valence-corrected chi connectivity index (χ2v) is 8.09. The number of benzene rings is 3. The molecule has 1 aliphatic heterocycles. The second-order valence-electron chi connectivity index (χ2n) is 8.09. The molecule has 0 fully saturated rings. The SMILES string of the molecule is COC(=O)C1=C(C)N(c2ccccc2)C(=Cc2ccc(OCC(=O)Nc3ccccc3OC)cc2)C1=O. The van der Waals surface area contributed by atoms with Gasteiger partial charge < -0.3 is 24.4 Å². The summed E-state index contributed by atoms with van der Waals surface area (Å²) in [7, 11) is 2.78. The van der Waals surface area contributed by atoms with Crippen LogP contribution in [-0.4, -0.2) is 38.5 Å². The lowest BCUT2D eigenvalue weighted by molar-refractivity contribution is -0.137. The monoisotopic (exact) mass is 498 g/mol. The van der Waals surface area contributed by atoms with Crippen LogP contribution >= 0.6 is 0 Å². The third-order valence-electron chi connectivity index (χ3n) is 5.74. The van der Waals surface area contributed by atoms with Crippen LogP contribution in [0.5, 0.6) is 11.5 Å². The number of allylic oxidation sites excluding steroid dienone is 2. The number of ketones is 1. The van der Waals surface area contributed by atoms with E-state index in [1.165, 1.54) is 14.2 Å². The average molecular weight is 499 g/mol. The molecule has 0 radical (unpaired) electrons. The van der Waals surface area contributed by atoms with Gasteiger partial charge in [-0.1, -0.05) is 42.5 Å². The molecule has 1 heterocycles. The van der Waals surface area contributed by atoms with Gasteiger partial charge in [0.15, 0.2) is 6.61 Å². The van der Waals surface area contributed by atoms with Gasteiger partial charge in [-0.15, -0.1) is 0 Å². The number of ether oxygens (including phenoxy) is 3. The summed E-state index contributed by atoms with van der Waals surface area (Å²) >= 11 is 0. The second kappa shape index (κ2) is 11.3. The smallest absolute Gasteiger partial charge is 0.343 e. The third-order valence-corrected chi connectivity index (χ3v) is 5.74. The van der Waals surface area contributed by atoms with Crippen molar-refractivity contribution in [2.75, 3.05) is 31.0 Å². The Bertz CT molecular complexity index is 1380. The number of hydrogen-bond donors (Lipinski definition) is 1. The predicted octanol–water partition coefficient (Wildman–Crippen LogP) is 4.59. The number of esters is 1. The van der Waals surface area contributed by atoms with Crippen LogP contribution in [0.3, 0.4) is 0 Å². The zero-order valence-electron chi connectivity index (χ0n) is 20.7. The van der Waals surface area contributed by atoms with E-state index in [1.54, 1.807) is 60.4 Å². The molecule has 4 rings (SSSR count). The van der Waals surface area contributed by atoms with E-state index in [9.17, 15) is 14.4 Å². The number of methoxy groups -OCH3 is 2. The first-order chi connectivity index (χ1) is 17.9. The molecule has 37 heavy (non-hydrogen) atoms. The average Bonchev–Trinajstić information content (AvgIpc) is 3.17. The molecule has 3 aromatic carbocycles. The number of rotatable bonds is 8. The molecule has 0 unspecified atom stereocenters. The fourth-order valence-electron chi connectivity index (χ4n) is 3.97. The molecule has 1 amide bonds. The fraction of sp³-hybridized carbons (Fsp3) is 0.138. The van der Waals surface area contributed by atoms with Crippen LogP contribution in [-0.2, 0) is 19.1 Å². The van der Waals surface area contributed by atoms with Crippen molar-refractivity contribution in [3.8, 4) is 11.5 Å². The Morgan fingerprint density at radius 1 is 0.919 bits per heavy atom. The van der Waals surface area contributed by atoms with E-state index in [0.717, 1.165) is 5.69 Å². The molecule has 8 nitrogen and oxygen atoms in total. The van der Waals surface area contributed by atoms with Gasteiger partial charge in [0.2, 0.25) is 5.78 Å². The topological polar surface area (TPSA) is 94.2 Å². The maximum Gasteiger partial charge on any atom is 0.343 e. The quantitative estimate of drug-likeness (QED) is 0.276. The van der Waals surface area contributed by atoms with Gasteiger partial charge in [0.1, 0.15) is 17.1 Å². The van der Waals surface area contributed by atoms with E-state index in [1.807, 2.05) is 36.4 Å². The number of nitrogens with one attached hydrogen (secondary N) is 1. The molecule has 0 aliphatic carbocycles. The summed E-state index contributed by atoms with van der Waals surface area (Å²) in [5, 5.41) is 2.75. The molecule has 0 spiro atoms. The number of para-hydroxylation sites is 3. The molecule has 0 saturated heterocycles. The van der Waals surface area contributed by atoms with Crippen molar-refractivity contribution < 1.29 is 28.6 Å². The van der Waals surface area contributed by atoms with Crippen LogP contribution in [0.15, 0.2) is 95.8 Å². The summed E-state index contributed by atoms with van der Waals surface area (Å²) in [6, 6.07) is 23.4. The Labute approximate surface area is 214 Å². The number of Topliss-reactive ketones (excluding diaryl/α,β-unsaturated/α-hetero) is 1. The lowest BCUT2D eigenvalue weighted by atomic mass is 10.1. The normalized spacial score (nSPS) is 14.1. The molecule has 188 valence electrons. The summed E-state index contributed by atoms with van der Waals surface area (Å²) in [5.74, 6) is -0.384. The summed E-state index contributed by atoms with van der Waals surface area (Å²) in [6.07, 6.45) is 1.70. The van der Waals surface area contributed by atoms with Crippen molar-refractivity contribution in [3.63, 3.8) is 0 Å². The van der Waals surface area contributed by atoms with Crippen molar-refractivity contribution in [1.29, 1.82) is 0 Å². The zero-order valence-corrected chi connectivity index (χ0v) is 20.7. The van der Waals surface area contributed by atoms with Crippen molar-refractivity contribution in [1.82, 2.24) is 0 Å². The van der Waals surface area contributed by atoms with E-state index >= 15 is 0 Å². The van der Waals surface area contributed by atoms with E-state index < -0.39 is 11.8 Å². The molecule has 1 aliphatic rings. The van der Waals surface area contributed by atoms with Gasteiger partial charge in [-0.25, -0.2) is 4.79 Å². The number of hydrogen-bond acceptors (Lipinski definition) is 7. The molecule has 8 heteroatoms. The molecule has 1 N–H and O–H groups in total. The molecule has 0 saturated carbocycles. The Morgan fingerprint density at radius 2 is 1.59 bits per heavy atom. The van der Waals surface area contributed by atoms with Gasteiger partial charge in [-0.2, -0.15) is 0 Å². The number of anilines is 2. The Balaban J connectivity index is 1.49. The Hall–Kier alpha value is -4.85. The first kappa shape index (κ1) is 25.2. The number of carbonyl (C=O) groups is 3. The molecular formula is C29H26N2O6. The highest BCUT2D eigenvalue weighted by atomic mass is 16.5. The van der Waals surface area contributed by atoms with Crippen LogP contribution < -0.4 is 19.7 Å². The van der Waals surface area contributed by atoms with E-state index in [4.69, 9.17) is 14.2 Å². The van der Waals surface area contributed by atoms with Crippen molar-refractivity contribution in [2.45, 2.75) is 6.92 Å². The van der Waals surface area contributed by atoms with E-state index in [2.05, 4.69) is 5.32 Å². The first-order valence-corrected chi connectivity index (χ1v) is 11.5. The summed E-state index contributed by atoms with van der Waals surface area (Å²) < 4.78 is 15.7. The van der Waals surface area contributed by atoms with Crippen molar-refractivity contribution in [3.05, 3.63) is 101 Å². The van der Waals surface area contributed by atoms with Crippen LogP contribution in [0, 0.1) is 0 Å². The maximum atomic E-state index is 13.2. The highest BCUT2D eigenvalue weighted by Gasteiger charge is 2.38. The lowest BCUT2D eigenvalue weighted by Gasteiger charge is -2.21. The standard InChI is InChI=1S/C29H26N2O6/c1-19-27(29(34)36-3)28(33)24(31(19)21-9-5-4-6-10-21)17-20-13-15-22(16-14-20)37-18-26(32)30-23-11-7-8-12-25(23)35-2/h4-17H,18H2,1-3H3,(H,30,32). The molecule has 0 atom stereocenters. The first-order valence-electron chi connectivity index (χ1n) is 11.5. The number of nitrogens with zero attached hydrogens (tertiary/aromatic N) is 1. The minimum atomic E-state index is -0.679. The minimum Gasteiger partial charge on any atom is -0.495 e. The number of amides is 1. The maximum absolute atomic E-state index is 13.2. The molecule has 0 aromatic heterocycles. The Kier molecular flexibility index (Phi) is 7.68. The predicted molar refractivity (Wildman–Crippen MR) is 140 cm³/mol. The Morgan fingerprint density at radius 3 is 2.27 bits per heavy atom. The summed E-state index contributed by atoms with van der Waals surface area (Å²) in [4.78, 5) is 39.6. The molecule has 0 bridgehead atoms. The fourth-order valence-corrected chi connectivity index (χ4v) is 3.97. The number of carbonyl (C=O) groups excluding carboxylic acids is 3. The highest BCUT2D eigenvalue weighted by Crippen LogP contribution is 2.35. The van der Waals surface area contributed by atoms with Gasteiger partial charge in [0.25, 0.3) is 5.91 Å². The molecular weight excluding hydrogens is 472 g/mol. The largest absolute Gasteiger partial charge is 0.495 e. The van der Waals surface area contributed by atoms with E-state index in [-0.39, 0.29) is 18.1 Å². The zero-order chi connectivity index (χ0) is 26.4. The van der Waals surface area contributed by atoms with Gasteiger partial charge in [-0.05, 0) is 55.0 Å². The van der Waals surface area contributed by atoms with Crippen LogP contribution in [0.1, 0.15) is 12.5 Å². The van der Waals surface area contributed by atoms with Crippen LogP contribution in [0.4, 0.5) is 11.4 Å². The van der Waals surface area contributed by atoms with Crippen LogP contribution in [0.25, 0.3) is 6.08 Å². The van der Waals surface area contributed by atoms with Gasteiger partial charge in [0, 0.05) is 11.4 Å². The lowest BCUT2D eigenvalue weighted by Crippen LogP contribution is -2.20. The van der Waals surface area contributed by atoms with Gasteiger partial charge >= 0.3 is 5.97 Å². The van der Waals surface area contributed by atoms with Crippen molar-refractivity contribution in [2.24, 2.45) is 0 Å². The highest BCUT2D eigenvalue weighted by molar-refractivity contribution is 6.30. The minimum absolute atomic E-state index is 0.00128. The van der Waals surface area contributed by atoms with Crippen LogP contribution in [0.2, 0.25) is 0 Å². The molecule has 3 aromatic rings. The summed E-state index contributed by atoms with van der Waals surface area (Å²) in [6.45, 7) is 1.52. The summed E-state index contributed by atoms with van der Waals surface area (Å²) in [5.41, 5.74) is 2.84. The van der Waals surface area contributed by atoms with Gasteiger partial charge in [0.05, 0.1) is 25.6 Å². The third kappa shape index (κ3) is 5.54. The van der Waals surface area contributed by atoms with E-state index in [0.29, 0.717) is 34.1 Å². The van der Waals surface area contributed by atoms with Gasteiger partial charge in [-0.3, -0.25) is 9.59 Å².